The van der Waals surface area contributed by atoms with Crippen molar-refractivity contribution in [1.29, 1.82) is 0 Å². The lowest BCUT2D eigenvalue weighted by Crippen LogP contribution is -2.03. The molecule has 0 fully saturated rings. The Hall–Kier alpha value is -9.59. The molecule has 0 bridgehead atoms. The van der Waals surface area contributed by atoms with E-state index in [9.17, 15) is 2.74 Å². The Morgan fingerprint density at radius 3 is 1.63 bits per heavy atom. The Morgan fingerprint density at radius 2 is 0.829 bits per heavy atom. The van der Waals surface area contributed by atoms with Gasteiger partial charge in [-0.3, -0.25) is 0 Å². The van der Waals surface area contributed by atoms with Crippen LogP contribution in [0.3, 0.4) is 0 Å². The van der Waals surface area contributed by atoms with Crippen molar-refractivity contribution >= 4 is 87.6 Å². The lowest BCUT2D eigenvalue weighted by atomic mass is 9.98. The molecule has 0 amide bonds. The second-order valence-corrected chi connectivity index (χ2v) is 17.3. The van der Waals surface area contributed by atoms with Crippen LogP contribution in [0.25, 0.3) is 150 Å². The van der Waals surface area contributed by atoms with Crippen LogP contribution < -0.4 is 0 Å². The average molecular weight is 904 g/mol. The molecule has 7 heteroatoms. The van der Waals surface area contributed by atoms with E-state index in [1.807, 2.05) is 115 Å². The van der Waals surface area contributed by atoms with Gasteiger partial charge in [0.05, 0.1) is 26.3 Å². The molecule has 0 atom stereocenters. The van der Waals surface area contributed by atoms with Crippen LogP contribution in [0.5, 0.6) is 0 Å². The molecular formula is C63H36N4O3. The third kappa shape index (κ3) is 5.85. The molecule has 0 saturated heterocycles. The summed E-state index contributed by atoms with van der Waals surface area (Å²) in [6.07, 6.45) is 0. The number of fused-ring (bicyclic) bond motifs is 12. The Balaban J connectivity index is 0.920. The quantitative estimate of drug-likeness (QED) is 0.165. The zero-order valence-electron chi connectivity index (χ0n) is 43.8. The topological polar surface area (TPSA) is 83.0 Å². The summed E-state index contributed by atoms with van der Waals surface area (Å²) in [4.78, 5) is 15.6. The van der Waals surface area contributed by atoms with E-state index in [1.54, 1.807) is 16.7 Å². The van der Waals surface area contributed by atoms with Gasteiger partial charge in [0.2, 0.25) is 0 Å². The third-order valence-electron chi connectivity index (χ3n) is 13.4. The molecule has 0 spiro atoms. The van der Waals surface area contributed by atoms with Crippen LogP contribution in [0.1, 0.15) is 9.60 Å². The number of nitrogens with zero attached hydrogens (tertiary/aromatic N) is 4. The highest BCUT2D eigenvalue weighted by Crippen LogP contribution is 2.42. The standard InChI is InChI=1S/C63H36N4O3/c1-6-25-52-43(16-1)44-17-2-7-26-53(44)67(52)54-27-8-3-20-49(54)63-65-61(64-62(66-63)40-31-33-57-50(36-40)46-19-5-9-28-55(46)68-57)39-15-11-14-37(34-39)41-21-13-24-48-51-35-38(30-32-58(51)70-60(41)48)42-22-12-23-47-45-18-4-10-29-56(45)69-59(42)47/h1-36H/i1D,2D,6D,16D,17D,25D,26D. The predicted molar refractivity (Wildman–Crippen MR) is 283 cm³/mol. The van der Waals surface area contributed by atoms with E-state index in [2.05, 4.69) is 42.5 Å². The highest BCUT2D eigenvalue weighted by Gasteiger charge is 2.21. The molecule has 326 valence electrons. The predicted octanol–water partition coefficient (Wildman–Crippen LogP) is 17.0. The van der Waals surface area contributed by atoms with Crippen LogP contribution in [0.4, 0.5) is 0 Å². The summed E-state index contributed by atoms with van der Waals surface area (Å²) in [6, 6.07) is 54.5. The second kappa shape index (κ2) is 15.0. The Labute approximate surface area is 409 Å². The lowest BCUT2D eigenvalue weighted by Gasteiger charge is -2.14. The van der Waals surface area contributed by atoms with Gasteiger partial charge >= 0.3 is 0 Å². The number of furan rings is 3. The van der Waals surface area contributed by atoms with E-state index < -0.39 is 12.1 Å². The third-order valence-corrected chi connectivity index (χ3v) is 13.4. The smallest absolute Gasteiger partial charge is 0.166 e. The van der Waals surface area contributed by atoms with Gasteiger partial charge in [0.15, 0.2) is 17.5 Å². The number of hydrogen-bond acceptors (Lipinski definition) is 6. The molecule has 15 rings (SSSR count). The lowest BCUT2D eigenvalue weighted by molar-refractivity contribution is 0.669. The molecule has 0 aliphatic heterocycles. The van der Waals surface area contributed by atoms with Crippen LogP contribution in [0.2, 0.25) is 0 Å². The first-order valence-electron chi connectivity index (χ1n) is 26.3. The number of para-hydroxylation sites is 7. The highest BCUT2D eigenvalue weighted by molar-refractivity contribution is 6.14. The van der Waals surface area contributed by atoms with Crippen molar-refractivity contribution in [2.75, 3.05) is 0 Å². The van der Waals surface area contributed by atoms with E-state index >= 15 is 0 Å². The van der Waals surface area contributed by atoms with Crippen molar-refractivity contribution in [3.63, 3.8) is 0 Å². The van der Waals surface area contributed by atoms with Gasteiger partial charge in [0, 0.05) is 70.9 Å². The molecule has 0 unspecified atom stereocenters. The van der Waals surface area contributed by atoms with Gasteiger partial charge < -0.3 is 17.8 Å². The van der Waals surface area contributed by atoms with Gasteiger partial charge in [-0.1, -0.05) is 145 Å². The van der Waals surface area contributed by atoms with E-state index in [4.69, 9.17) is 35.1 Å². The minimum atomic E-state index is -0.480. The van der Waals surface area contributed by atoms with Crippen molar-refractivity contribution in [2.45, 2.75) is 0 Å². The minimum Gasteiger partial charge on any atom is -0.456 e. The molecular weight excluding hydrogens is 861 g/mol. The van der Waals surface area contributed by atoms with Crippen LogP contribution in [0, 0.1) is 0 Å². The van der Waals surface area contributed by atoms with Crippen molar-refractivity contribution in [3.8, 4) is 62.1 Å². The number of benzene rings is 10. The normalized spacial score (nSPS) is 13.4. The summed E-state index contributed by atoms with van der Waals surface area (Å²) < 4.78 is 83.5. The summed E-state index contributed by atoms with van der Waals surface area (Å²) >= 11 is 0. The molecule has 15 aromatic rings. The molecule has 7 nitrogen and oxygen atoms in total. The van der Waals surface area contributed by atoms with Crippen molar-refractivity contribution < 1.29 is 22.8 Å². The fraction of sp³-hybridized carbons (Fsp3) is 0. The number of aromatic nitrogens is 4. The van der Waals surface area contributed by atoms with E-state index in [0.29, 0.717) is 39.6 Å². The molecule has 0 N–H and O–H groups in total. The summed E-state index contributed by atoms with van der Waals surface area (Å²) in [7, 11) is 0. The Kier molecular flexibility index (Phi) is 6.87. The minimum absolute atomic E-state index is 0.0445. The van der Waals surface area contributed by atoms with Crippen LogP contribution >= 0.6 is 0 Å². The summed E-state index contributed by atoms with van der Waals surface area (Å²) in [5.74, 6) is 0.934. The van der Waals surface area contributed by atoms with Gasteiger partial charge in [0.25, 0.3) is 0 Å². The molecule has 5 heterocycles. The van der Waals surface area contributed by atoms with Gasteiger partial charge in [-0.2, -0.15) is 0 Å². The Morgan fingerprint density at radius 1 is 0.329 bits per heavy atom. The Bertz CT molecular complexity index is 5060. The van der Waals surface area contributed by atoms with E-state index in [1.165, 1.54) is 6.07 Å². The first-order valence-corrected chi connectivity index (χ1v) is 22.8. The van der Waals surface area contributed by atoms with Crippen molar-refractivity contribution in [3.05, 3.63) is 218 Å². The summed E-state index contributed by atoms with van der Waals surface area (Å²) in [6.45, 7) is 0. The molecule has 0 aliphatic carbocycles. The van der Waals surface area contributed by atoms with E-state index in [-0.39, 0.29) is 57.8 Å². The molecule has 5 aromatic heterocycles. The highest BCUT2D eigenvalue weighted by atomic mass is 16.3. The molecule has 0 radical (unpaired) electrons. The maximum atomic E-state index is 9.24. The first-order chi connectivity index (χ1) is 37.6. The van der Waals surface area contributed by atoms with Gasteiger partial charge in [-0.25, -0.2) is 15.0 Å². The SMILES string of the molecule is [2H]c1cc([2H])c2c(c1[2H])c1c([2H])c([2H])c([2H])c([2H])c1n2-c1ccccc1-c1nc(-c2cccc(-c3cccc4c3oc3ccc(-c5cccc6c5oc5ccccc56)cc34)c2)nc(-c2ccc3oc4ccccc4c3c2)n1. The van der Waals surface area contributed by atoms with Crippen LogP contribution in [0.15, 0.2) is 231 Å². The molecule has 70 heavy (non-hydrogen) atoms. The maximum absolute atomic E-state index is 9.24. The van der Waals surface area contributed by atoms with Crippen LogP contribution in [-0.4, -0.2) is 19.5 Å². The van der Waals surface area contributed by atoms with Gasteiger partial charge in [-0.05, 0) is 83.9 Å². The molecule has 10 aromatic carbocycles. The van der Waals surface area contributed by atoms with E-state index in [0.717, 1.165) is 82.5 Å². The largest absolute Gasteiger partial charge is 0.456 e. The van der Waals surface area contributed by atoms with Gasteiger partial charge in [-0.15, -0.1) is 0 Å². The summed E-state index contributed by atoms with van der Waals surface area (Å²) in [5, 5.41) is 5.98. The second-order valence-electron chi connectivity index (χ2n) is 17.3. The monoisotopic (exact) mass is 903 g/mol. The molecule has 0 aliphatic rings. The zero-order valence-corrected chi connectivity index (χ0v) is 36.8. The number of hydrogen-bond donors (Lipinski definition) is 0. The van der Waals surface area contributed by atoms with Crippen molar-refractivity contribution in [1.82, 2.24) is 19.5 Å². The average Bonchev–Trinajstić information content (AvgIpc) is 4.34. The zero-order chi connectivity index (χ0) is 52.0. The first kappa shape index (κ1) is 32.2. The maximum Gasteiger partial charge on any atom is 0.166 e. The molecule has 0 saturated carbocycles. The van der Waals surface area contributed by atoms with Crippen LogP contribution in [-0.2, 0) is 0 Å². The summed E-state index contributed by atoms with van der Waals surface area (Å²) in [5.41, 5.74) is 10.7. The van der Waals surface area contributed by atoms with Crippen molar-refractivity contribution in [2.24, 2.45) is 0 Å². The fourth-order valence-electron chi connectivity index (χ4n) is 10.2. The van der Waals surface area contributed by atoms with Gasteiger partial charge in [0.1, 0.15) is 33.5 Å². The fourth-order valence-corrected chi connectivity index (χ4v) is 10.2. The number of rotatable bonds is 6.